The predicted molar refractivity (Wildman–Crippen MR) is 47.9 cm³/mol. The van der Waals surface area contributed by atoms with Crippen molar-refractivity contribution in [1.82, 2.24) is 4.23 Å². The average molecular weight is 153 g/mol. The van der Waals surface area contributed by atoms with Crippen molar-refractivity contribution in [2.45, 2.75) is 26.6 Å². The molecule has 0 fully saturated rings. The molecular weight excluding hydrogens is 138 g/mol. The summed E-state index contributed by atoms with van der Waals surface area (Å²) >= 11 is 0. The van der Waals surface area contributed by atoms with Crippen molar-refractivity contribution < 1.29 is 0 Å². The van der Waals surface area contributed by atoms with Crippen molar-refractivity contribution in [2.75, 3.05) is 0 Å². The van der Waals surface area contributed by atoms with Crippen LogP contribution in [0.1, 0.15) is 5.69 Å². The van der Waals surface area contributed by atoms with E-state index in [-0.39, 0.29) is 0 Å². The SMILES string of the molecule is Cc1cccn1[Si](C)(C)C. The quantitative estimate of drug-likeness (QED) is 0.546. The first-order valence-corrected chi connectivity index (χ1v) is 7.11. The lowest BCUT2D eigenvalue weighted by atomic mass is 10.5. The fourth-order valence-corrected chi connectivity index (χ4v) is 2.88. The van der Waals surface area contributed by atoms with Gasteiger partial charge >= 0.3 is 0 Å². The second kappa shape index (κ2) is 2.27. The van der Waals surface area contributed by atoms with Crippen LogP contribution in [-0.4, -0.2) is 12.5 Å². The first-order valence-electron chi connectivity index (χ1n) is 3.66. The second-order valence-corrected chi connectivity index (χ2v) is 8.51. The Hall–Kier alpha value is -0.503. The van der Waals surface area contributed by atoms with Gasteiger partial charge in [0, 0.05) is 5.69 Å². The van der Waals surface area contributed by atoms with Gasteiger partial charge in [-0.05, 0) is 25.3 Å². The molecule has 0 aromatic carbocycles. The lowest BCUT2D eigenvalue weighted by molar-refractivity contribution is 1.08. The standard InChI is InChI=1S/C8H15NSi/c1-8-6-5-7-9(8)10(2,3)4/h5-7H,1-4H3. The topological polar surface area (TPSA) is 4.93 Å². The maximum atomic E-state index is 2.41. The van der Waals surface area contributed by atoms with E-state index in [9.17, 15) is 0 Å². The summed E-state index contributed by atoms with van der Waals surface area (Å²) in [4.78, 5) is 0. The van der Waals surface area contributed by atoms with E-state index in [0.29, 0.717) is 0 Å². The number of aromatic nitrogens is 1. The first-order chi connectivity index (χ1) is 4.52. The van der Waals surface area contributed by atoms with E-state index in [1.54, 1.807) is 0 Å². The van der Waals surface area contributed by atoms with E-state index in [1.807, 2.05) is 0 Å². The van der Waals surface area contributed by atoms with E-state index < -0.39 is 8.24 Å². The Labute approximate surface area is 63.8 Å². The molecule has 0 radical (unpaired) electrons. The van der Waals surface area contributed by atoms with Gasteiger partial charge in [0.1, 0.15) is 0 Å². The van der Waals surface area contributed by atoms with Crippen molar-refractivity contribution in [2.24, 2.45) is 0 Å². The van der Waals surface area contributed by atoms with Crippen LogP contribution < -0.4 is 0 Å². The Kier molecular flexibility index (Phi) is 1.73. The van der Waals surface area contributed by atoms with Gasteiger partial charge in [0.25, 0.3) is 0 Å². The van der Waals surface area contributed by atoms with Crippen molar-refractivity contribution >= 4 is 8.24 Å². The summed E-state index contributed by atoms with van der Waals surface area (Å²) in [5, 5.41) is 0. The zero-order valence-corrected chi connectivity index (χ0v) is 8.18. The molecule has 0 N–H and O–H groups in total. The van der Waals surface area contributed by atoms with Gasteiger partial charge in [-0.3, -0.25) is 0 Å². The smallest absolute Gasteiger partial charge is 0.152 e. The van der Waals surface area contributed by atoms with Crippen molar-refractivity contribution in [3.8, 4) is 0 Å². The summed E-state index contributed by atoms with van der Waals surface area (Å²) in [6, 6.07) is 4.28. The van der Waals surface area contributed by atoms with Gasteiger partial charge in [-0.15, -0.1) is 0 Å². The van der Waals surface area contributed by atoms with Gasteiger partial charge in [-0.1, -0.05) is 19.6 Å². The minimum Gasteiger partial charge on any atom is -0.379 e. The fraction of sp³-hybridized carbons (Fsp3) is 0.500. The van der Waals surface area contributed by atoms with Crippen molar-refractivity contribution in [1.29, 1.82) is 0 Å². The second-order valence-electron chi connectivity index (χ2n) is 3.69. The molecule has 0 aliphatic rings. The molecule has 2 heteroatoms. The van der Waals surface area contributed by atoms with Crippen LogP contribution in [-0.2, 0) is 0 Å². The van der Waals surface area contributed by atoms with E-state index >= 15 is 0 Å². The zero-order chi connectivity index (χ0) is 7.78. The highest BCUT2D eigenvalue weighted by Crippen LogP contribution is 2.10. The summed E-state index contributed by atoms with van der Waals surface area (Å²) in [6.45, 7) is 9.21. The largest absolute Gasteiger partial charge is 0.379 e. The predicted octanol–water partition coefficient (Wildman–Crippen LogP) is 2.48. The number of nitrogens with zero attached hydrogens (tertiary/aromatic N) is 1. The Morgan fingerprint density at radius 2 is 1.90 bits per heavy atom. The van der Waals surface area contributed by atoms with Gasteiger partial charge in [-0.2, -0.15) is 0 Å². The van der Waals surface area contributed by atoms with Crippen LogP contribution in [0.4, 0.5) is 0 Å². The summed E-state index contributed by atoms with van der Waals surface area (Å²) < 4.78 is 2.41. The molecule has 0 atom stereocenters. The van der Waals surface area contributed by atoms with E-state index in [0.717, 1.165) is 0 Å². The third-order valence-corrected chi connectivity index (χ3v) is 3.62. The zero-order valence-electron chi connectivity index (χ0n) is 7.18. The number of rotatable bonds is 1. The van der Waals surface area contributed by atoms with Gasteiger partial charge < -0.3 is 4.23 Å². The Morgan fingerprint density at radius 3 is 2.10 bits per heavy atom. The molecular formula is C8H15NSi. The fourth-order valence-electron chi connectivity index (χ4n) is 1.22. The molecule has 0 aliphatic carbocycles. The van der Waals surface area contributed by atoms with Gasteiger partial charge in [0.05, 0.1) is 0 Å². The number of hydrogen-bond acceptors (Lipinski definition) is 0. The summed E-state index contributed by atoms with van der Waals surface area (Å²) in [6.07, 6.45) is 2.18. The van der Waals surface area contributed by atoms with Crippen LogP contribution in [0, 0.1) is 6.92 Å². The molecule has 1 nitrogen and oxygen atoms in total. The van der Waals surface area contributed by atoms with E-state index in [1.165, 1.54) is 5.69 Å². The first kappa shape index (κ1) is 7.60. The third-order valence-electron chi connectivity index (χ3n) is 1.68. The highest BCUT2D eigenvalue weighted by atomic mass is 28.3. The van der Waals surface area contributed by atoms with Gasteiger partial charge in [-0.25, -0.2) is 0 Å². The van der Waals surface area contributed by atoms with Crippen LogP contribution in [0.15, 0.2) is 18.3 Å². The molecule has 0 aliphatic heterocycles. The average Bonchev–Trinajstić information content (AvgIpc) is 2.11. The molecule has 0 bridgehead atoms. The molecule has 1 heterocycles. The van der Waals surface area contributed by atoms with Gasteiger partial charge in [0.15, 0.2) is 8.24 Å². The minimum absolute atomic E-state index is 1.11. The van der Waals surface area contributed by atoms with Crippen LogP contribution >= 0.6 is 0 Å². The van der Waals surface area contributed by atoms with Crippen LogP contribution in [0.5, 0.6) is 0 Å². The molecule has 10 heavy (non-hydrogen) atoms. The maximum Gasteiger partial charge on any atom is 0.152 e. The lowest BCUT2D eigenvalue weighted by Gasteiger charge is -2.20. The molecule has 0 saturated heterocycles. The molecule has 1 rings (SSSR count). The summed E-state index contributed by atoms with van der Waals surface area (Å²) in [5.74, 6) is 0. The van der Waals surface area contributed by atoms with E-state index in [4.69, 9.17) is 0 Å². The Bertz CT molecular complexity index is 219. The number of aryl methyl sites for hydroxylation is 1. The molecule has 1 aromatic rings. The lowest BCUT2D eigenvalue weighted by Crippen LogP contribution is -2.31. The molecule has 0 spiro atoms. The van der Waals surface area contributed by atoms with Gasteiger partial charge in [0.2, 0.25) is 0 Å². The van der Waals surface area contributed by atoms with Crippen LogP contribution in [0.2, 0.25) is 19.6 Å². The number of hydrogen-bond donors (Lipinski definition) is 0. The normalized spacial score (nSPS) is 12.0. The summed E-state index contributed by atoms with van der Waals surface area (Å²) in [5.41, 5.74) is 1.39. The molecule has 0 unspecified atom stereocenters. The van der Waals surface area contributed by atoms with E-state index in [2.05, 4.69) is 49.1 Å². The molecule has 56 valence electrons. The highest BCUT2D eigenvalue weighted by molar-refractivity contribution is 6.74. The minimum atomic E-state index is -1.11. The molecule has 0 amide bonds. The maximum absolute atomic E-state index is 2.41. The molecule has 0 saturated carbocycles. The van der Waals surface area contributed by atoms with Crippen LogP contribution in [0.3, 0.4) is 0 Å². The molecule has 1 aromatic heterocycles. The monoisotopic (exact) mass is 153 g/mol. The van der Waals surface area contributed by atoms with Crippen molar-refractivity contribution in [3.63, 3.8) is 0 Å². The summed E-state index contributed by atoms with van der Waals surface area (Å²) in [7, 11) is -1.11. The Balaban J connectivity index is 3.05. The third kappa shape index (κ3) is 1.32. The van der Waals surface area contributed by atoms with Crippen molar-refractivity contribution in [3.05, 3.63) is 24.0 Å². The van der Waals surface area contributed by atoms with Crippen LogP contribution in [0.25, 0.3) is 0 Å². The highest BCUT2D eigenvalue weighted by Gasteiger charge is 2.15. The Morgan fingerprint density at radius 1 is 1.30 bits per heavy atom.